The molecule has 7 nitrogen and oxygen atoms in total. The van der Waals surface area contributed by atoms with Gasteiger partial charge in [0.1, 0.15) is 0 Å². The SMILES string of the molecule is CCN1C(=O)c2ccccc2Sc2cc(-c3noc(Cc4ccc(OC)c(OC)c4)n3)ccc21. The zero-order chi connectivity index (χ0) is 23.7. The fourth-order valence-electron chi connectivity index (χ4n) is 3.99. The lowest BCUT2D eigenvalue weighted by atomic mass is 10.1. The van der Waals surface area contributed by atoms with Crippen molar-refractivity contribution in [3.8, 4) is 22.9 Å². The third-order valence-electron chi connectivity index (χ3n) is 5.68. The molecule has 5 rings (SSSR count). The quantitative estimate of drug-likeness (QED) is 0.367. The number of nitrogens with zero attached hydrogens (tertiary/aromatic N) is 3. The summed E-state index contributed by atoms with van der Waals surface area (Å²) in [7, 11) is 3.21. The highest BCUT2D eigenvalue weighted by Gasteiger charge is 2.26. The highest BCUT2D eigenvalue weighted by Crippen LogP contribution is 2.42. The van der Waals surface area contributed by atoms with Crippen LogP contribution in [0.25, 0.3) is 11.4 Å². The topological polar surface area (TPSA) is 77.7 Å². The van der Waals surface area contributed by atoms with Crippen molar-refractivity contribution < 1.29 is 18.8 Å². The smallest absolute Gasteiger partial charge is 0.259 e. The molecule has 0 unspecified atom stereocenters. The Morgan fingerprint density at radius 2 is 1.79 bits per heavy atom. The number of ether oxygens (including phenoxy) is 2. The second kappa shape index (κ2) is 9.23. The Morgan fingerprint density at radius 3 is 2.59 bits per heavy atom. The molecular weight excluding hydrogens is 450 g/mol. The number of amides is 1. The molecule has 1 aromatic heterocycles. The van der Waals surface area contributed by atoms with E-state index in [2.05, 4.69) is 10.1 Å². The van der Waals surface area contributed by atoms with Crippen LogP contribution >= 0.6 is 11.8 Å². The molecule has 2 heterocycles. The van der Waals surface area contributed by atoms with E-state index in [1.54, 1.807) is 30.9 Å². The minimum atomic E-state index is 0.00821. The lowest BCUT2D eigenvalue weighted by Crippen LogP contribution is -2.30. The summed E-state index contributed by atoms with van der Waals surface area (Å²) in [6, 6.07) is 19.3. The molecule has 0 radical (unpaired) electrons. The fourth-order valence-corrected chi connectivity index (χ4v) is 5.10. The second-order valence-corrected chi connectivity index (χ2v) is 8.79. The normalized spacial score (nSPS) is 12.7. The number of hydrogen-bond donors (Lipinski definition) is 0. The third-order valence-corrected chi connectivity index (χ3v) is 6.80. The van der Waals surface area contributed by atoms with E-state index < -0.39 is 0 Å². The highest BCUT2D eigenvalue weighted by atomic mass is 32.2. The number of carbonyl (C=O) groups is 1. The summed E-state index contributed by atoms with van der Waals surface area (Å²) in [6.07, 6.45) is 0.471. The Kier molecular flexibility index (Phi) is 5.98. The highest BCUT2D eigenvalue weighted by molar-refractivity contribution is 7.99. The zero-order valence-electron chi connectivity index (χ0n) is 19.1. The van der Waals surface area contributed by atoms with Gasteiger partial charge in [-0.05, 0) is 55.0 Å². The first-order chi connectivity index (χ1) is 16.6. The molecular formula is C26H23N3O4S. The number of hydrogen-bond acceptors (Lipinski definition) is 7. The summed E-state index contributed by atoms with van der Waals surface area (Å²) < 4.78 is 16.2. The van der Waals surface area contributed by atoms with E-state index in [1.807, 2.05) is 67.6 Å². The molecule has 0 saturated carbocycles. The summed E-state index contributed by atoms with van der Waals surface area (Å²) in [4.78, 5) is 21.4. The van der Waals surface area contributed by atoms with Gasteiger partial charge < -0.3 is 18.9 Å². The maximum atomic E-state index is 13.1. The van der Waals surface area contributed by atoms with E-state index in [0.29, 0.717) is 41.7 Å². The number of fused-ring (bicyclic) bond motifs is 2. The van der Waals surface area contributed by atoms with E-state index in [1.165, 1.54) is 0 Å². The number of carbonyl (C=O) groups excluding carboxylic acids is 1. The van der Waals surface area contributed by atoms with Crippen LogP contribution in [0.3, 0.4) is 0 Å². The molecule has 0 saturated heterocycles. The van der Waals surface area contributed by atoms with Crippen molar-refractivity contribution in [2.24, 2.45) is 0 Å². The number of benzene rings is 3. The maximum absolute atomic E-state index is 13.1. The first-order valence-electron chi connectivity index (χ1n) is 10.9. The Morgan fingerprint density at radius 1 is 0.971 bits per heavy atom. The van der Waals surface area contributed by atoms with Crippen LogP contribution in [0.15, 0.2) is 75.0 Å². The summed E-state index contributed by atoms with van der Waals surface area (Å²) in [5.74, 6) is 2.33. The Hall–Kier alpha value is -3.78. The van der Waals surface area contributed by atoms with Crippen LogP contribution < -0.4 is 14.4 Å². The van der Waals surface area contributed by atoms with Crippen molar-refractivity contribution in [1.29, 1.82) is 0 Å². The molecule has 0 aliphatic carbocycles. The van der Waals surface area contributed by atoms with Crippen molar-refractivity contribution in [1.82, 2.24) is 10.1 Å². The van der Waals surface area contributed by atoms with Crippen LogP contribution in [-0.4, -0.2) is 36.8 Å². The van der Waals surface area contributed by atoms with E-state index >= 15 is 0 Å². The maximum Gasteiger partial charge on any atom is 0.259 e. The van der Waals surface area contributed by atoms with Crippen LogP contribution in [0.2, 0.25) is 0 Å². The van der Waals surface area contributed by atoms with Gasteiger partial charge in [-0.15, -0.1) is 0 Å². The second-order valence-electron chi connectivity index (χ2n) is 7.71. The first-order valence-corrected chi connectivity index (χ1v) is 11.7. The average Bonchev–Trinajstić information content (AvgIpc) is 3.29. The number of anilines is 1. The molecule has 4 aromatic rings. The molecule has 0 fully saturated rings. The number of methoxy groups -OCH3 is 2. The molecule has 0 bridgehead atoms. The van der Waals surface area contributed by atoms with E-state index in [9.17, 15) is 4.79 Å². The summed E-state index contributed by atoms with van der Waals surface area (Å²) in [5.41, 5.74) is 3.39. The van der Waals surface area contributed by atoms with Gasteiger partial charge in [-0.25, -0.2) is 0 Å². The number of aromatic nitrogens is 2. The monoisotopic (exact) mass is 473 g/mol. The van der Waals surface area contributed by atoms with Gasteiger partial charge in [-0.3, -0.25) is 4.79 Å². The van der Waals surface area contributed by atoms with Crippen LogP contribution in [0.5, 0.6) is 11.5 Å². The van der Waals surface area contributed by atoms with Crippen molar-refractivity contribution >= 4 is 23.4 Å². The Balaban J connectivity index is 1.45. The van der Waals surface area contributed by atoms with Gasteiger partial charge >= 0.3 is 0 Å². The molecule has 1 aliphatic heterocycles. The minimum absolute atomic E-state index is 0.00821. The van der Waals surface area contributed by atoms with Gasteiger partial charge in [-0.2, -0.15) is 4.98 Å². The van der Waals surface area contributed by atoms with Gasteiger partial charge in [0.05, 0.1) is 31.9 Å². The molecule has 1 aliphatic rings. The van der Waals surface area contributed by atoms with Gasteiger partial charge in [0.2, 0.25) is 11.7 Å². The summed E-state index contributed by atoms with van der Waals surface area (Å²) in [6.45, 7) is 2.56. The minimum Gasteiger partial charge on any atom is -0.493 e. The van der Waals surface area contributed by atoms with Gasteiger partial charge in [-0.1, -0.05) is 35.1 Å². The Labute approximate surface area is 201 Å². The lowest BCUT2D eigenvalue weighted by Gasteiger charge is -2.21. The van der Waals surface area contributed by atoms with Crippen molar-refractivity contribution in [3.05, 3.63) is 77.7 Å². The number of rotatable bonds is 6. The zero-order valence-corrected chi connectivity index (χ0v) is 19.9. The van der Waals surface area contributed by atoms with Crippen molar-refractivity contribution in [2.45, 2.75) is 23.1 Å². The molecule has 3 aromatic carbocycles. The van der Waals surface area contributed by atoms with E-state index in [-0.39, 0.29) is 5.91 Å². The largest absolute Gasteiger partial charge is 0.493 e. The molecule has 172 valence electrons. The van der Waals surface area contributed by atoms with Gasteiger partial charge in [0.25, 0.3) is 5.91 Å². The van der Waals surface area contributed by atoms with Crippen LogP contribution in [0.4, 0.5) is 5.69 Å². The molecule has 1 amide bonds. The standard InChI is InChI=1S/C26H23N3O4S/c1-4-29-19-11-10-17(15-23(19)34-22-8-6-5-7-18(22)26(29)30)25-27-24(33-28-25)14-16-9-12-20(31-2)21(13-16)32-3/h5-13,15H,4,14H2,1-3H3. The van der Waals surface area contributed by atoms with Crippen LogP contribution in [0.1, 0.15) is 28.7 Å². The fraction of sp³-hybridized carbons (Fsp3) is 0.192. The molecule has 0 spiro atoms. The summed E-state index contributed by atoms with van der Waals surface area (Å²) in [5, 5.41) is 4.20. The van der Waals surface area contributed by atoms with E-state index in [4.69, 9.17) is 14.0 Å². The summed E-state index contributed by atoms with van der Waals surface area (Å²) >= 11 is 1.58. The van der Waals surface area contributed by atoms with Gasteiger partial charge in [0, 0.05) is 21.9 Å². The van der Waals surface area contributed by atoms with Crippen molar-refractivity contribution in [2.75, 3.05) is 25.7 Å². The average molecular weight is 474 g/mol. The molecule has 34 heavy (non-hydrogen) atoms. The van der Waals surface area contributed by atoms with Crippen LogP contribution in [0, 0.1) is 0 Å². The van der Waals surface area contributed by atoms with Crippen LogP contribution in [-0.2, 0) is 6.42 Å². The van der Waals surface area contributed by atoms with E-state index in [0.717, 1.165) is 26.6 Å². The third kappa shape index (κ3) is 4.01. The molecule has 8 heteroatoms. The Bertz CT molecular complexity index is 1370. The lowest BCUT2D eigenvalue weighted by molar-refractivity contribution is 0.0985. The van der Waals surface area contributed by atoms with Gasteiger partial charge in [0.15, 0.2) is 11.5 Å². The molecule has 0 N–H and O–H groups in total. The predicted molar refractivity (Wildman–Crippen MR) is 130 cm³/mol. The predicted octanol–water partition coefficient (Wildman–Crippen LogP) is 5.48. The molecule has 0 atom stereocenters. The first kappa shape index (κ1) is 22.0. The van der Waals surface area contributed by atoms with Crippen molar-refractivity contribution in [3.63, 3.8) is 0 Å².